The molecule has 4 N–H and O–H groups in total. The molecule has 5 rings (SSSR count). The number of ketones is 1. The van der Waals surface area contributed by atoms with Crippen molar-refractivity contribution < 1.29 is 27.1 Å². The lowest BCUT2D eigenvalue weighted by Gasteiger charge is -2.32. The average molecular weight is 579 g/mol. The number of anilines is 3. The molecule has 0 saturated carbocycles. The van der Waals surface area contributed by atoms with Gasteiger partial charge in [0.05, 0.1) is 11.7 Å². The number of nitrogens with two attached hydrogens (primary N) is 1. The number of nitrogen functional groups attached to an aromatic ring is 1. The highest BCUT2D eigenvalue weighted by Gasteiger charge is 2.31. The third kappa shape index (κ3) is 5.73. The fourth-order valence-electron chi connectivity index (χ4n) is 4.76. The van der Waals surface area contributed by atoms with Crippen LogP contribution in [0.4, 0.5) is 25.5 Å². The summed E-state index contributed by atoms with van der Waals surface area (Å²) in [5, 5.41) is 13.2. The number of piperidine rings is 2. The normalized spacial score (nSPS) is 17.9. The number of aromatic nitrogens is 2. The van der Waals surface area contributed by atoms with E-state index >= 15 is 0 Å². The Morgan fingerprint density at radius 2 is 1.72 bits per heavy atom. The second kappa shape index (κ2) is 11.1. The molecule has 3 aromatic rings. The molecule has 2 aliphatic rings. The van der Waals surface area contributed by atoms with Gasteiger partial charge in [0.1, 0.15) is 33.0 Å². The third-order valence-corrected chi connectivity index (χ3v) is 9.86. The lowest BCUT2D eigenvalue weighted by molar-refractivity contribution is 0.103. The number of hydrogen-bond donors (Lipinski definition) is 3. The number of hydrogen-bond acceptors (Lipinski definition) is 10. The van der Waals surface area contributed by atoms with E-state index in [1.807, 2.05) is 4.90 Å². The summed E-state index contributed by atoms with van der Waals surface area (Å²) in [6, 6.07) is 6.29. The summed E-state index contributed by atoms with van der Waals surface area (Å²) in [7, 11) is -3.73. The van der Waals surface area contributed by atoms with E-state index in [0.717, 1.165) is 23.5 Å². The predicted molar refractivity (Wildman–Crippen MR) is 143 cm³/mol. The van der Waals surface area contributed by atoms with Crippen molar-refractivity contribution in [2.45, 2.75) is 42.7 Å². The van der Waals surface area contributed by atoms with Crippen molar-refractivity contribution >= 4 is 43.9 Å². The van der Waals surface area contributed by atoms with Gasteiger partial charge < -0.3 is 21.1 Å². The maximum Gasteiger partial charge on any atom is 0.244 e. The van der Waals surface area contributed by atoms with Gasteiger partial charge in [0.25, 0.3) is 0 Å². The molecule has 0 bridgehead atoms. The number of pyridine rings is 1. The number of aliphatic hydroxyl groups excluding tert-OH is 1. The first-order valence-corrected chi connectivity index (χ1v) is 14.8. The van der Waals surface area contributed by atoms with Gasteiger partial charge in [-0.05, 0) is 49.9 Å². The van der Waals surface area contributed by atoms with Crippen LogP contribution in [-0.4, -0.2) is 71.9 Å². The summed E-state index contributed by atoms with van der Waals surface area (Å²) in [5.74, 6) is -2.29. The van der Waals surface area contributed by atoms with E-state index in [4.69, 9.17) is 5.73 Å². The SMILES string of the molecule is Nc1nc(NC2CCN(S(=O)(=O)c3ccc(N4CCC(O)CC4)nc3)CC2)sc1C(=O)c1c(F)cccc1F. The van der Waals surface area contributed by atoms with E-state index < -0.39 is 33.0 Å². The summed E-state index contributed by atoms with van der Waals surface area (Å²) in [4.78, 5) is 23.3. The highest BCUT2D eigenvalue weighted by Crippen LogP contribution is 2.31. The molecule has 2 saturated heterocycles. The average Bonchev–Trinajstić information content (AvgIpc) is 3.29. The van der Waals surface area contributed by atoms with Gasteiger partial charge >= 0.3 is 0 Å². The Bertz CT molecular complexity index is 1430. The van der Waals surface area contributed by atoms with Gasteiger partial charge in [-0.1, -0.05) is 17.4 Å². The summed E-state index contributed by atoms with van der Waals surface area (Å²) in [6.45, 7) is 1.86. The third-order valence-electron chi connectivity index (χ3n) is 6.98. The van der Waals surface area contributed by atoms with E-state index in [9.17, 15) is 27.1 Å². The van der Waals surface area contributed by atoms with Crippen molar-refractivity contribution in [1.29, 1.82) is 0 Å². The molecule has 4 heterocycles. The minimum Gasteiger partial charge on any atom is -0.393 e. The van der Waals surface area contributed by atoms with E-state index in [0.29, 0.717) is 49.7 Å². The first kappa shape index (κ1) is 27.4. The number of nitrogens with one attached hydrogen (secondary N) is 1. The smallest absolute Gasteiger partial charge is 0.244 e. The van der Waals surface area contributed by atoms with Gasteiger partial charge in [0, 0.05) is 38.4 Å². The van der Waals surface area contributed by atoms with E-state index in [-0.39, 0.29) is 40.8 Å². The molecule has 0 amide bonds. The van der Waals surface area contributed by atoms with E-state index in [1.165, 1.54) is 16.6 Å². The molecule has 0 unspecified atom stereocenters. The second-order valence-corrected chi connectivity index (χ2v) is 12.5. The molecule has 2 aliphatic heterocycles. The zero-order valence-corrected chi connectivity index (χ0v) is 22.5. The van der Waals surface area contributed by atoms with Crippen molar-refractivity contribution in [3.05, 3.63) is 58.6 Å². The number of thiazole rings is 1. The molecule has 2 fully saturated rings. The molecule has 14 heteroatoms. The van der Waals surface area contributed by atoms with Crippen LogP contribution in [0.15, 0.2) is 41.4 Å². The molecule has 10 nitrogen and oxygen atoms in total. The van der Waals surface area contributed by atoms with Crippen molar-refractivity contribution in [3.8, 4) is 0 Å². The van der Waals surface area contributed by atoms with Crippen LogP contribution in [0.1, 0.15) is 40.9 Å². The number of aliphatic hydroxyl groups is 1. The lowest BCUT2D eigenvalue weighted by Crippen LogP contribution is -2.42. The Balaban J connectivity index is 1.19. The zero-order valence-electron chi connectivity index (χ0n) is 20.9. The van der Waals surface area contributed by atoms with Crippen LogP contribution in [-0.2, 0) is 10.0 Å². The van der Waals surface area contributed by atoms with Gasteiger partial charge in [-0.15, -0.1) is 0 Å². The Labute approximate surface area is 228 Å². The molecule has 0 spiro atoms. The zero-order chi connectivity index (χ0) is 27.7. The molecule has 0 aliphatic carbocycles. The summed E-state index contributed by atoms with van der Waals surface area (Å²) in [5.41, 5.74) is 5.19. The van der Waals surface area contributed by atoms with Crippen molar-refractivity contribution in [2.75, 3.05) is 42.1 Å². The quantitative estimate of drug-likeness (QED) is 0.361. The molecular weight excluding hydrogens is 550 g/mol. The Morgan fingerprint density at radius 3 is 2.33 bits per heavy atom. The van der Waals surface area contributed by atoms with Crippen molar-refractivity contribution in [2.24, 2.45) is 0 Å². The molecule has 2 aromatic heterocycles. The van der Waals surface area contributed by atoms with E-state index in [2.05, 4.69) is 15.3 Å². The van der Waals surface area contributed by atoms with Crippen molar-refractivity contribution in [1.82, 2.24) is 14.3 Å². The number of benzene rings is 1. The van der Waals surface area contributed by atoms with Gasteiger partial charge in [-0.25, -0.2) is 27.2 Å². The highest BCUT2D eigenvalue weighted by atomic mass is 32.2. The summed E-state index contributed by atoms with van der Waals surface area (Å²) >= 11 is 0.902. The monoisotopic (exact) mass is 578 g/mol. The number of carbonyl (C=O) groups excluding carboxylic acids is 1. The fourth-order valence-corrected chi connectivity index (χ4v) is 7.08. The summed E-state index contributed by atoms with van der Waals surface area (Å²) < 4.78 is 55.9. The minimum absolute atomic E-state index is 0.0711. The number of rotatable bonds is 7. The topological polar surface area (TPSA) is 142 Å². The van der Waals surface area contributed by atoms with Crippen molar-refractivity contribution in [3.63, 3.8) is 0 Å². The molecule has 208 valence electrons. The van der Waals surface area contributed by atoms with Crippen LogP contribution in [0.2, 0.25) is 0 Å². The number of carbonyl (C=O) groups is 1. The largest absolute Gasteiger partial charge is 0.393 e. The van der Waals surface area contributed by atoms with E-state index in [1.54, 1.807) is 12.1 Å². The molecule has 0 radical (unpaired) electrons. The first-order chi connectivity index (χ1) is 18.6. The van der Waals surface area contributed by atoms with Crippen LogP contribution in [0.25, 0.3) is 0 Å². The standard InChI is InChI=1S/C25H28F2N6O4S2/c26-18-2-1-3-19(27)21(18)22(35)23-24(28)31-25(38-23)30-15-6-12-33(13-7-15)39(36,37)17-4-5-20(29-14-17)32-10-8-16(34)9-11-32/h1-5,14-16,34H,6-13,28H2,(H,30,31). The maximum absolute atomic E-state index is 14.1. The fraction of sp³-hybridized carbons (Fsp3) is 0.400. The van der Waals surface area contributed by atoms with Crippen LogP contribution < -0.4 is 16.0 Å². The minimum atomic E-state index is -3.73. The molecule has 0 atom stereocenters. The lowest BCUT2D eigenvalue weighted by atomic mass is 10.1. The highest BCUT2D eigenvalue weighted by molar-refractivity contribution is 7.89. The maximum atomic E-state index is 14.1. The van der Waals surface area contributed by atoms with Gasteiger partial charge in [-0.2, -0.15) is 4.31 Å². The summed E-state index contributed by atoms with van der Waals surface area (Å²) in [6.07, 6.45) is 3.33. The van der Waals surface area contributed by atoms with Gasteiger partial charge in [0.15, 0.2) is 5.13 Å². The molecular formula is C25H28F2N6O4S2. The predicted octanol–water partition coefficient (Wildman–Crippen LogP) is 2.86. The van der Waals surface area contributed by atoms with Crippen LogP contribution in [0.5, 0.6) is 0 Å². The Kier molecular flexibility index (Phi) is 7.80. The number of nitrogens with zero attached hydrogens (tertiary/aromatic N) is 4. The molecule has 39 heavy (non-hydrogen) atoms. The van der Waals surface area contributed by atoms with Gasteiger partial charge in [-0.3, -0.25) is 4.79 Å². The van der Waals surface area contributed by atoms with Crippen LogP contribution in [0.3, 0.4) is 0 Å². The van der Waals surface area contributed by atoms with Crippen LogP contribution in [0, 0.1) is 11.6 Å². The Morgan fingerprint density at radius 1 is 1.05 bits per heavy atom. The van der Waals surface area contributed by atoms with Crippen LogP contribution >= 0.6 is 11.3 Å². The number of halogens is 2. The van der Waals surface area contributed by atoms with Gasteiger partial charge in [0.2, 0.25) is 15.8 Å². The Hall–Kier alpha value is -3.20. The first-order valence-electron chi connectivity index (χ1n) is 12.5. The second-order valence-electron chi connectivity index (χ2n) is 9.55. The number of sulfonamides is 1. The molecule has 1 aromatic carbocycles.